The summed E-state index contributed by atoms with van der Waals surface area (Å²) in [5.74, 6) is 0. The fourth-order valence-electron chi connectivity index (χ4n) is 1.81. The van der Waals surface area contributed by atoms with Crippen LogP contribution in [0.3, 0.4) is 0 Å². The van der Waals surface area contributed by atoms with E-state index < -0.39 is 17.9 Å². The van der Waals surface area contributed by atoms with Crippen molar-refractivity contribution < 1.29 is 22.7 Å². The maximum Gasteiger partial charge on any atom is 0.432 e. The standard InChI is InChI=1S/C11H10F3NO2/c1-6-4-3-5-7-8(6)15-9(16)17-10(7,2)11(12,13)14/h3-5H,1-2H3,(H,15,16)/t10-/m0/s1. The second kappa shape index (κ2) is 3.38. The van der Waals surface area contributed by atoms with Gasteiger partial charge in [-0.15, -0.1) is 0 Å². The fraction of sp³-hybridized carbons (Fsp3) is 0.364. The molecule has 1 N–H and O–H groups in total. The van der Waals surface area contributed by atoms with E-state index >= 15 is 0 Å². The van der Waals surface area contributed by atoms with Crippen LogP contribution in [0, 0.1) is 6.92 Å². The molecule has 0 radical (unpaired) electrons. The Morgan fingerprint density at radius 2 is 2.00 bits per heavy atom. The van der Waals surface area contributed by atoms with Crippen molar-refractivity contribution in [2.75, 3.05) is 5.32 Å². The number of cyclic esters (lactones) is 1. The molecule has 6 heteroatoms. The molecule has 0 spiro atoms. The third-order valence-corrected chi connectivity index (χ3v) is 2.85. The number of halogens is 3. The number of carbonyl (C=O) groups is 1. The minimum Gasteiger partial charge on any atom is -0.428 e. The van der Waals surface area contributed by atoms with E-state index in [1.54, 1.807) is 13.0 Å². The molecule has 0 fully saturated rings. The smallest absolute Gasteiger partial charge is 0.428 e. The first-order chi connectivity index (χ1) is 7.75. The van der Waals surface area contributed by atoms with Crippen LogP contribution in [0.1, 0.15) is 18.1 Å². The van der Waals surface area contributed by atoms with Gasteiger partial charge in [0.25, 0.3) is 0 Å². The molecule has 0 aliphatic carbocycles. The summed E-state index contributed by atoms with van der Waals surface area (Å²) in [5.41, 5.74) is -1.95. The first kappa shape index (κ1) is 11.8. The Morgan fingerprint density at radius 3 is 2.59 bits per heavy atom. The quantitative estimate of drug-likeness (QED) is 0.761. The van der Waals surface area contributed by atoms with Crippen LogP contribution in [0.5, 0.6) is 0 Å². The highest BCUT2D eigenvalue weighted by Crippen LogP contribution is 2.47. The average Bonchev–Trinajstić information content (AvgIpc) is 2.18. The van der Waals surface area contributed by atoms with Gasteiger partial charge in [-0.1, -0.05) is 18.2 Å². The molecule has 0 aromatic heterocycles. The molecule has 1 aromatic rings. The van der Waals surface area contributed by atoms with Crippen molar-refractivity contribution in [3.05, 3.63) is 29.3 Å². The van der Waals surface area contributed by atoms with Gasteiger partial charge in [-0.05, 0) is 19.4 Å². The summed E-state index contributed by atoms with van der Waals surface area (Å²) in [5, 5.41) is 2.29. The maximum absolute atomic E-state index is 13.0. The van der Waals surface area contributed by atoms with Crippen molar-refractivity contribution >= 4 is 11.8 Å². The highest BCUT2D eigenvalue weighted by Gasteiger charge is 2.58. The molecule has 1 heterocycles. The number of anilines is 1. The van der Waals surface area contributed by atoms with Crippen molar-refractivity contribution in [1.29, 1.82) is 0 Å². The Morgan fingerprint density at radius 1 is 1.35 bits per heavy atom. The molecule has 0 bridgehead atoms. The molecule has 3 nitrogen and oxygen atoms in total. The monoisotopic (exact) mass is 245 g/mol. The Hall–Kier alpha value is -1.72. The van der Waals surface area contributed by atoms with Crippen LogP contribution < -0.4 is 5.32 Å². The summed E-state index contributed by atoms with van der Waals surface area (Å²) in [6.45, 7) is 2.48. The summed E-state index contributed by atoms with van der Waals surface area (Å²) in [6, 6.07) is 4.43. The second-order valence-corrected chi connectivity index (χ2v) is 4.04. The normalized spacial score (nSPS) is 23.7. The van der Waals surface area contributed by atoms with Crippen molar-refractivity contribution in [3.63, 3.8) is 0 Å². The Balaban J connectivity index is 2.68. The number of para-hydroxylation sites is 1. The first-order valence-corrected chi connectivity index (χ1v) is 4.92. The van der Waals surface area contributed by atoms with E-state index in [9.17, 15) is 18.0 Å². The number of benzene rings is 1. The number of ether oxygens (including phenoxy) is 1. The van der Waals surface area contributed by atoms with Crippen molar-refractivity contribution in [1.82, 2.24) is 0 Å². The van der Waals surface area contributed by atoms with Gasteiger partial charge >= 0.3 is 12.3 Å². The van der Waals surface area contributed by atoms with Gasteiger partial charge in [-0.2, -0.15) is 13.2 Å². The van der Waals surface area contributed by atoms with E-state index in [-0.39, 0.29) is 11.3 Å². The number of aryl methyl sites for hydroxylation is 1. The molecule has 0 unspecified atom stereocenters. The average molecular weight is 245 g/mol. The lowest BCUT2D eigenvalue weighted by Gasteiger charge is -2.37. The number of alkyl halides is 3. The van der Waals surface area contributed by atoms with E-state index in [2.05, 4.69) is 10.1 Å². The zero-order valence-corrected chi connectivity index (χ0v) is 9.18. The molecule has 1 atom stereocenters. The molecular formula is C11H10F3NO2. The van der Waals surface area contributed by atoms with E-state index in [4.69, 9.17) is 0 Å². The maximum atomic E-state index is 13.0. The number of fused-ring (bicyclic) bond motifs is 1. The molecule has 17 heavy (non-hydrogen) atoms. The number of hydrogen-bond acceptors (Lipinski definition) is 2. The zero-order valence-electron chi connectivity index (χ0n) is 9.18. The van der Waals surface area contributed by atoms with Crippen LogP contribution in [-0.4, -0.2) is 12.3 Å². The Kier molecular flexibility index (Phi) is 2.34. The van der Waals surface area contributed by atoms with E-state index in [1.807, 2.05) is 0 Å². The molecule has 0 saturated carbocycles. The third kappa shape index (κ3) is 1.64. The third-order valence-electron chi connectivity index (χ3n) is 2.85. The highest BCUT2D eigenvalue weighted by molar-refractivity contribution is 5.90. The van der Waals surface area contributed by atoms with E-state index in [1.165, 1.54) is 12.1 Å². The molecule has 1 aliphatic rings. The minimum atomic E-state index is -4.66. The lowest BCUT2D eigenvalue weighted by atomic mass is 9.90. The van der Waals surface area contributed by atoms with Crippen LogP contribution in [0.4, 0.5) is 23.7 Å². The molecule has 92 valence electrons. The van der Waals surface area contributed by atoms with Gasteiger partial charge in [0.05, 0.1) is 5.69 Å². The number of amides is 1. The Labute approximate surface area is 95.6 Å². The highest BCUT2D eigenvalue weighted by atomic mass is 19.4. The zero-order chi connectivity index (χ0) is 12.8. The number of carbonyl (C=O) groups excluding carboxylic acids is 1. The van der Waals surface area contributed by atoms with Crippen LogP contribution in [0.2, 0.25) is 0 Å². The molecule has 0 saturated heterocycles. The van der Waals surface area contributed by atoms with Gasteiger partial charge in [0.2, 0.25) is 5.60 Å². The van der Waals surface area contributed by atoms with Gasteiger partial charge in [-0.3, -0.25) is 5.32 Å². The van der Waals surface area contributed by atoms with Crippen molar-refractivity contribution in [2.24, 2.45) is 0 Å². The molecule has 1 aromatic carbocycles. The Bertz CT molecular complexity index is 484. The predicted octanol–water partition coefficient (Wildman–Crippen LogP) is 3.33. The summed E-state index contributed by atoms with van der Waals surface area (Å²) >= 11 is 0. The summed E-state index contributed by atoms with van der Waals surface area (Å²) < 4.78 is 43.5. The predicted molar refractivity (Wildman–Crippen MR) is 54.7 cm³/mol. The molecule has 2 rings (SSSR count). The lowest BCUT2D eigenvalue weighted by Crippen LogP contribution is -2.48. The molecular weight excluding hydrogens is 235 g/mol. The van der Waals surface area contributed by atoms with Gasteiger partial charge < -0.3 is 4.74 Å². The number of hydrogen-bond donors (Lipinski definition) is 1. The van der Waals surface area contributed by atoms with E-state index in [0.29, 0.717) is 5.56 Å². The van der Waals surface area contributed by atoms with Gasteiger partial charge in [0.15, 0.2) is 0 Å². The van der Waals surface area contributed by atoms with Crippen molar-refractivity contribution in [3.8, 4) is 0 Å². The summed E-state index contributed by atoms with van der Waals surface area (Å²) in [6.07, 6.45) is -5.75. The summed E-state index contributed by atoms with van der Waals surface area (Å²) in [4.78, 5) is 11.2. The van der Waals surface area contributed by atoms with Gasteiger partial charge in [0.1, 0.15) is 0 Å². The first-order valence-electron chi connectivity index (χ1n) is 4.92. The van der Waals surface area contributed by atoms with Gasteiger partial charge in [0, 0.05) is 5.56 Å². The minimum absolute atomic E-state index is 0.0791. The number of rotatable bonds is 0. The summed E-state index contributed by atoms with van der Waals surface area (Å²) in [7, 11) is 0. The number of nitrogens with one attached hydrogen (secondary N) is 1. The second-order valence-electron chi connectivity index (χ2n) is 4.04. The topological polar surface area (TPSA) is 38.3 Å². The molecule has 1 amide bonds. The van der Waals surface area contributed by atoms with E-state index in [0.717, 1.165) is 6.92 Å². The van der Waals surface area contributed by atoms with Crippen LogP contribution in [-0.2, 0) is 10.3 Å². The van der Waals surface area contributed by atoms with Crippen LogP contribution in [0.25, 0.3) is 0 Å². The van der Waals surface area contributed by atoms with Crippen molar-refractivity contribution in [2.45, 2.75) is 25.6 Å². The largest absolute Gasteiger partial charge is 0.432 e. The fourth-order valence-corrected chi connectivity index (χ4v) is 1.81. The molecule has 1 aliphatic heterocycles. The van der Waals surface area contributed by atoms with Crippen LogP contribution >= 0.6 is 0 Å². The SMILES string of the molecule is Cc1cccc2c1NC(=O)O[C@]2(C)C(F)(F)F. The lowest BCUT2D eigenvalue weighted by molar-refractivity contribution is -0.257. The van der Waals surface area contributed by atoms with Gasteiger partial charge in [-0.25, -0.2) is 4.79 Å². The van der Waals surface area contributed by atoms with Crippen LogP contribution in [0.15, 0.2) is 18.2 Å².